The van der Waals surface area contributed by atoms with Crippen LogP contribution in [-0.2, 0) is 4.79 Å². The lowest BCUT2D eigenvalue weighted by Gasteiger charge is -2.02. The molecule has 0 unspecified atom stereocenters. The maximum Gasteiger partial charge on any atom is 0.262 e. The molecular weight excluding hydrogens is 318 g/mol. The van der Waals surface area contributed by atoms with Crippen LogP contribution in [0.15, 0.2) is 22.2 Å². The van der Waals surface area contributed by atoms with Crippen LogP contribution in [-0.4, -0.2) is 17.4 Å². The molecule has 0 fully saturated rings. The molecule has 94 valence electrons. The summed E-state index contributed by atoms with van der Waals surface area (Å²) in [5.41, 5.74) is 0.449. The molecule has 1 N–H and O–H groups in total. The number of hydrogen-bond acceptors (Lipinski definition) is 3. The van der Waals surface area contributed by atoms with E-state index in [1.165, 1.54) is 6.08 Å². The van der Waals surface area contributed by atoms with Crippen molar-refractivity contribution in [3.63, 3.8) is 0 Å². The normalized spacial score (nSPS) is 10.9. The zero-order chi connectivity index (χ0) is 13.5. The molecule has 0 aromatic carbocycles. The summed E-state index contributed by atoms with van der Waals surface area (Å²) in [7, 11) is 0. The van der Waals surface area contributed by atoms with Crippen molar-refractivity contribution in [2.45, 2.75) is 13.3 Å². The van der Waals surface area contributed by atoms with E-state index in [0.717, 1.165) is 6.42 Å². The van der Waals surface area contributed by atoms with E-state index >= 15 is 0 Å². The van der Waals surface area contributed by atoms with Gasteiger partial charge in [-0.3, -0.25) is 4.79 Å². The van der Waals surface area contributed by atoms with Crippen molar-refractivity contribution < 1.29 is 4.79 Å². The molecule has 0 aliphatic heterocycles. The molecule has 0 bridgehead atoms. The minimum Gasteiger partial charge on any atom is -0.351 e. The number of carbonyl (C=O) groups is 1. The van der Waals surface area contributed by atoms with Gasteiger partial charge in [0.05, 0.1) is 5.69 Å². The van der Waals surface area contributed by atoms with Gasteiger partial charge in [0.1, 0.15) is 16.8 Å². The van der Waals surface area contributed by atoms with Gasteiger partial charge < -0.3 is 5.32 Å². The van der Waals surface area contributed by atoms with Crippen LogP contribution in [0.3, 0.4) is 0 Å². The van der Waals surface area contributed by atoms with Crippen molar-refractivity contribution in [2.75, 3.05) is 6.54 Å². The fourth-order valence-electron chi connectivity index (χ4n) is 1.15. The minimum absolute atomic E-state index is 0.00100. The van der Waals surface area contributed by atoms with Crippen LogP contribution in [0.2, 0.25) is 5.15 Å². The van der Waals surface area contributed by atoms with Crippen LogP contribution in [0.25, 0.3) is 6.08 Å². The number of amides is 1. The third kappa shape index (κ3) is 4.13. The fraction of sp³-hybridized carbons (Fsp3) is 0.250. The van der Waals surface area contributed by atoms with Crippen molar-refractivity contribution >= 4 is 39.5 Å². The molecule has 0 spiro atoms. The summed E-state index contributed by atoms with van der Waals surface area (Å²) < 4.78 is 0.669. The van der Waals surface area contributed by atoms with Gasteiger partial charge in [-0.05, 0) is 40.6 Å². The Kier molecular flexibility index (Phi) is 5.83. The van der Waals surface area contributed by atoms with E-state index in [1.807, 2.05) is 13.0 Å². The molecule has 4 nitrogen and oxygen atoms in total. The van der Waals surface area contributed by atoms with E-state index in [9.17, 15) is 4.79 Å². The minimum atomic E-state index is -0.409. The van der Waals surface area contributed by atoms with Crippen LogP contribution in [0.5, 0.6) is 0 Å². The Bertz CT molecular complexity index is 523. The molecule has 18 heavy (non-hydrogen) atoms. The number of nitriles is 1. The number of nitrogens with one attached hydrogen (secondary N) is 1. The van der Waals surface area contributed by atoms with Gasteiger partial charge in [-0.15, -0.1) is 0 Å². The number of aromatic nitrogens is 1. The second kappa shape index (κ2) is 7.14. The Morgan fingerprint density at radius 1 is 1.67 bits per heavy atom. The summed E-state index contributed by atoms with van der Waals surface area (Å²) in [4.78, 5) is 15.7. The number of halogens is 2. The van der Waals surface area contributed by atoms with Gasteiger partial charge in [-0.2, -0.15) is 5.26 Å². The lowest BCUT2D eigenvalue weighted by atomic mass is 10.2. The summed E-state index contributed by atoms with van der Waals surface area (Å²) in [6.07, 6.45) is 2.21. The quantitative estimate of drug-likeness (QED) is 0.525. The summed E-state index contributed by atoms with van der Waals surface area (Å²) in [6, 6.07) is 5.18. The first-order chi connectivity index (χ1) is 8.58. The highest BCUT2D eigenvalue weighted by Gasteiger charge is 2.10. The topological polar surface area (TPSA) is 65.8 Å². The van der Waals surface area contributed by atoms with Crippen LogP contribution >= 0.6 is 27.5 Å². The van der Waals surface area contributed by atoms with Gasteiger partial charge in [0.2, 0.25) is 0 Å². The van der Waals surface area contributed by atoms with E-state index in [-0.39, 0.29) is 5.57 Å². The predicted molar refractivity (Wildman–Crippen MR) is 73.8 cm³/mol. The summed E-state index contributed by atoms with van der Waals surface area (Å²) >= 11 is 9.05. The van der Waals surface area contributed by atoms with Gasteiger partial charge in [0.25, 0.3) is 5.91 Å². The maximum atomic E-state index is 11.7. The van der Waals surface area contributed by atoms with Crippen molar-refractivity contribution in [3.05, 3.63) is 33.0 Å². The fourth-order valence-corrected chi connectivity index (χ4v) is 1.64. The number of carbonyl (C=O) groups excluding carboxylic acids is 1. The monoisotopic (exact) mass is 327 g/mol. The molecule has 0 atom stereocenters. The number of rotatable bonds is 4. The Labute approximate surface area is 119 Å². The smallest absolute Gasteiger partial charge is 0.262 e. The molecule has 1 aromatic heterocycles. The molecule has 1 heterocycles. The molecule has 0 radical (unpaired) electrons. The van der Waals surface area contributed by atoms with E-state index in [4.69, 9.17) is 16.9 Å². The van der Waals surface area contributed by atoms with Crippen LogP contribution in [0, 0.1) is 11.3 Å². The highest BCUT2D eigenvalue weighted by molar-refractivity contribution is 9.10. The second-order valence-corrected chi connectivity index (χ2v) is 4.67. The zero-order valence-electron chi connectivity index (χ0n) is 9.70. The Balaban J connectivity index is 3.01. The van der Waals surface area contributed by atoms with Gasteiger partial charge in [0, 0.05) is 11.0 Å². The first-order valence-electron chi connectivity index (χ1n) is 5.30. The SMILES string of the molecule is CCCNC(=O)C(C#N)=Cc1nc(Cl)ccc1Br. The molecular formula is C12H11BrClN3O. The number of hydrogen-bond donors (Lipinski definition) is 1. The van der Waals surface area contributed by atoms with Gasteiger partial charge in [-0.25, -0.2) is 4.98 Å². The Morgan fingerprint density at radius 3 is 3.00 bits per heavy atom. The number of nitrogens with zero attached hydrogens (tertiary/aromatic N) is 2. The second-order valence-electron chi connectivity index (χ2n) is 3.43. The Hall–Kier alpha value is -1.38. The lowest BCUT2D eigenvalue weighted by Crippen LogP contribution is -2.25. The van der Waals surface area contributed by atoms with E-state index < -0.39 is 5.91 Å². The van der Waals surface area contributed by atoms with Crippen LogP contribution in [0.4, 0.5) is 0 Å². The average Bonchev–Trinajstić information content (AvgIpc) is 2.36. The Morgan fingerprint density at radius 2 is 2.39 bits per heavy atom. The third-order valence-electron chi connectivity index (χ3n) is 2.02. The molecule has 0 saturated carbocycles. The van der Waals surface area contributed by atoms with Crippen LogP contribution < -0.4 is 5.32 Å². The van der Waals surface area contributed by atoms with Crippen LogP contribution in [0.1, 0.15) is 19.0 Å². The summed E-state index contributed by atoms with van der Waals surface area (Å²) in [5.74, 6) is -0.409. The molecule has 0 aliphatic carbocycles. The standard InChI is InChI=1S/C12H11BrClN3O/c1-2-5-16-12(18)8(7-15)6-10-9(13)3-4-11(14)17-10/h3-4,6H,2,5H2,1H3,(H,16,18). The first-order valence-corrected chi connectivity index (χ1v) is 6.47. The van der Waals surface area contributed by atoms with Gasteiger partial charge >= 0.3 is 0 Å². The predicted octanol–water partition coefficient (Wildman–Crippen LogP) is 2.93. The third-order valence-corrected chi connectivity index (χ3v) is 2.90. The average molecular weight is 329 g/mol. The molecule has 1 amide bonds. The molecule has 0 aliphatic rings. The van der Waals surface area contributed by atoms with E-state index in [1.54, 1.807) is 12.1 Å². The summed E-state index contributed by atoms with van der Waals surface area (Å²) in [6.45, 7) is 2.47. The van der Waals surface area contributed by atoms with Crippen molar-refractivity contribution in [3.8, 4) is 6.07 Å². The van der Waals surface area contributed by atoms with E-state index in [0.29, 0.717) is 21.9 Å². The van der Waals surface area contributed by atoms with Gasteiger partial charge in [-0.1, -0.05) is 18.5 Å². The highest BCUT2D eigenvalue weighted by atomic mass is 79.9. The van der Waals surface area contributed by atoms with Crippen molar-refractivity contribution in [1.29, 1.82) is 5.26 Å². The zero-order valence-corrected chi connectivity index (χ0v) is 12.0. The maximum absolute atomic E-state index is 11.7. The highest BCUT2D eigenvalue weighted by Crippen LogP contribution is 2.20. The van der Waals surface area contributed by atoms with E-state index in [2.05, 4.69) is 26.2 Å². The summed E-state index contributed by atoms with van der Waals surface area (Å²) in [5, 5.41) is 11.9. The molecule has 1 aromatic rings. The first kappa shape index (κ1) is 14.7. The largest absolute Gasteiger partial charge is 0.351 e. The molecule has 6 heteroatoms. The van der Waals surface area contributed by atoms with Crippen molar-refractivity contribution in [1.82, 2.24) is 10.3 Å². The van der Waals surface area contributed by atoms with Crippen molar-refractivity contribution in [2.24, 2.45) is 0 Å². The molecule has 0 saturated heterocycles. The molecule has 1 rings (SSSR count). The van der Waals surface area contributed by atoms with Gasteiger partial charge in [0.15, 0.2) is 0 Å². The number of pyridine rings is 1. The lowest BCUT2D eigenvalue weighted by molar-refractivity contribution is -0.117.